The fraction of sp³-hybridized carbons (Fsp3) is 0.417. The second-order valence-electron chi connectivity index (χ2n) is 3.76. The normalized spacial score (nSPS) is 12.2. The highest BCUT2D eigenvalue weighted by Crippen LogP contribution is 2.15. The molecule has 0 amide bonds. The van der Waals surface area contributed by atoms with E-state index in [0.717, 1.165) is 23.6 Å². The molecule has 0 aliphatic rings. The Bertz CT molecular complexity index is 351. The highest BCUT2D eigenvalue weighted by Gasteiger charge is 2.14. The number of hydrogen-bond donors (Lipinski definition) is 0. The number of nitrogens with zero attached hydrogens (tertiary/aromatic N) is 1. The Morgan fingerprint density at radius 1 is 1.38 bits per heavy atom. The Morgan fingerprint density at radius 3 is 2.38 bits per heavy atom. The molecule has 0 radical (unpaired) electrons. The van der Waals surface area contributed by atoms with E-state index in [2.05, 4.69) is 13.8 Å². The lowest BCUT2D eigenvalue weighted by Crippen LogP contribution is -2.33. The summed E-state index contributed by atoms with van der Waals surface area (Å²) in [6.07, 6.45) is 1.01. The van der Waals surface area contributed by atoms with E-state index in [1.54, 1.807) is 0 Å². The van der Waals surface area contributed by atoms with Crippen LogP contribution in [0.5, 0.6) is 0 Å². The summed E-state index contributed by atoms with van der Waals surface area (Å²) < 4.78 is 0.421. The maximum atomic E-state index is 5.93. The van der Waals surface area contributed by atoms with Crippen LogP contribution in [0.3, 0.4) is 0 Å². The smallest absolute Gasteiger partial charge is 0.170 e. The first-order valence-corrected chi connectivity index (χ1v) is 6.41. The molecule has 0 saturated carbocycles. The van der Waals surface area contributed by atoms with Gasteiger partial charge in [-0.25, -0.2) is 0 Å². The summed E-state index contributed by atoms with van der Waals surface area (Å²) in [5, 5.41) is 0.743. The summed E-state index contributed by atoms with van der Waals surface area (Å²) in [6.45, 7) is 4.97. The van der Waals surface area contributed by atoms with Gasteiger partial charge in [-0.2, -0.15) is 0 Å². The molecule has 0 aliphatic carbocycles. The summed E-state index contributed by atoms with van der Waals surface area (Å²) in [4.78, 5) is 2.01. The molecule has 0 N–H and O–H groups in total. The minimum absolute atomic E-state index is 0.348. The van der Waals surface area contributed by atoms with Crippen LogP contribution in [-0.4, -0.2) is 15.4 Å². The van der Waals surface area contributed by atoms with Gasteiger partial charge in [0.1, 0.15) is 0 Å². The topological polar surface area (TPSA) is 3.24 Å². The van der Waals surface area contributed by atoms with E-state index in [9.17, 15) is 0 Å². The lowest BCUT2D eigenvalue weighted by molar-refractivity contribution is 0.325. The van der Waals surface area contributed by atoms with Gasteiger partial charge < -0.3 is 4.90 Å². The van der Waals surface area contributed by atoms with Crippen LogP contribution in [0.2, 0.25) is 5.02 Å². The SMILES string of the molecule is CCC(C)N(Cc1ccc(Cl)cc1)C(=S)Cl. The van der Waals surface area contributed by atoms with Crippen LogP contribution in [0.4, 0.5) is 0 Å². The summed E-state index contributed by atoms with van der Waals surface area (Å²) in [5.74, 6) is 0. The molecule has 0 aromatic heterocycles. The number of hydrogen-bond acceptors (Lipinski definition) is 1. The quantitative estimate of drug-likeness (QED) is 0.453. The predicted octanol–water partition coefficient (Wildman–Crippen LogP) is 4.46. The molecule has 88 valence electrons. The van der Waals surface area contributed by atoms with Gasteiger partial charge in [0.2, 0.25) is 0 Å². The van der Waals surface area contributed by atoms with Crippen molar-refractivity contribution >= 4 is 39.9 Å². The Kier molecular flexibility index (Phi) is 5.53. The first kappa shape index (κ1) is 13.8. The molecule has 0 spiro atoms. The van der Waals surface area contributed by atoms with E-state index in [-0.39, 0.29) is 0 Å². The highest BCUT2D eigenvalue weighted by molar-refractivity contribution is 7.83. The number of rotatable bonds is 4. The van der Waals surface area contributed by atoms with E-state index in [1.165, 1.54) is 0 Å². The Morgan fingerprint density at radius 2 is 1.94 bits per heavy atom. The molecule has 1 aromatic rings. The molecule has 16 heavy (non-hydrogen) atoms. The van der Waals surface area contributed by atoms with Crippen molar-refractivity contribution in [1.82, 2.24) is 4.90 Å². The Hall–Kier alpha value is -0.310. The largest absolute Gasteiger partial charge is 0.346 e. The zero-order chi connectivity index (χ0) is 12.1. The van der Waals surface area contributed by atoms with Gasteiger partial charge in [0.15, 0.2) is 4.45 Å². The molecule has 1 rings (SSSR count). The maximum absolute atomic E-state index is 5.93. The summed E-state index contributed by atoms with van der Waals surface area (Å²) in [5.41, 5.74) is 1.16. The number of thiocarbonyl (C=S) groups is 1. The van der Waals surface area contributed by atoms with Crippen molar-refractivity contribution in [3.05, 3.63) is 34.9 Å². The van der Waals surface area contributed by atoms with Gasteiger partial charge in [0.05, 0.1) is 0 Å². The Balaban J connectivity index is 2.75. The van der Waals surface area contributed by atoms with Crippen LogP contribution in [0.25, 0.3) is 0 Å². The summed E-state index contributed by atoms with van der Waals surface area (Å²) >= 11 is 16.8. The van der Waals surface area contributed by atoms with Crippen molar-refractivity contribution in [2.24, 2.45) is 0 Å². The van der Waals surface area contributed by atoms with Crippen molar-refractivity contribution in [2.45, 2.75) is 32.9 Å². The third-order valence-corrected chi connectivity index (χ3v) is 3.32. The van der Waals surface area contributed by atoms with Crippen molar-refractivity contribution in [3.63, 3.8) is 0 Å². The molecule has 0 fully saturated rings. The minimum Gasteiger partial charge on any atom is -0.346 e. The summed E-state index contributed by atoms with van der Waals surface area (Å²) in [6, 6.07) is 8.09. The minimum atomic E-state index is 0.348. The molecule has 0 saturated heterocycles. The van der Waals surface area contributed by atoms with Crippen molar-refractivity contribution in [1.29, 1.82) is 0 Å². The predicted molar refractivity (Wildman–Crippen MR) is 75.2 cm³/mol. The van der Waals surface area contributed by atoms with Gasteiger partial charge in [-0.05, 0) is 43.3 Å². The fourth-order valence-electron chi connectivity index (χ4n) is 1.40. The standard InChI is InChI=1S/C12H15Cl2NS/c1-3-9(2)15(12(14)16)8-10-4-6-11(13)7-5-10/h4-7,9H,3,8H2,1-2H3. The van der Waals surface area contributed by atoms with E-state index >= 15 is 0 Å². The zero-order valence-electron chi connectivity index (χ0n) is 9.41. The molecule has 0 aliphatic heterocycles. The number of benzene rings is 1. The van der Waals surface area contributed by atoms with Crippen LogP contribution in [0, 0.1) is 0 Å². The monoisotopic (exact) mass is 275 g/mol. The molecule has 0 heterocycles. The van der Waals surface area contributed by atoms with Crippen molar-refractivity contribution in [3.8, 4) is 0 Å². The third-order valence-electron chi connectivity index (χ3n) is 2.61. The molecule has 1 aromatic carbocycles. The second kappa shape index (κ2) is 6.43. The molecule has 0 bridgehead atoms. The first-order chi connectivity index (χ1) is 7.54. The van der Waals surface area contributed by atoms with Gasteiger partial charge >= 0.3 is 0 Å². The average molecular weight is 276 g/mol. The summed E-state index contributed by atoms with van der Waals surface area (Å²) in [7, 11) is 0. The number of halogens is 2. The zero-order valence-corrected chi connectivity index (χ0v) is 11.7. The van der Waals surface area contributed by atoms with Crippen LogP contribution in [-0.2, 0) is 6.54 Å². The van der Waals surface area contributed by atoms with Gasteiger partial charge in [0, 0.05) is 17.6 Å². The van der Waals surface area contributed by atoms with E-state index in [4.69, 9.17) is 35.4 Å². The van der Waals surface area contributed by atoms with E-state index in [0.29, 0.717) is 10.5 Å². The van der Waals surface area contributed by atoms with Gasteiger partial charge in [0.25, 0.3) is 0 Å². The van der Waals surface area contributed by atoms with Gasteiger partial charge in [-0.3, -0.25) is 0 Å². The first-order valence-electron chi connectivity index (χ1n) is 5.25. The van der Waals surface area contributed by atoms with Crippen LogP contribution in [0.15, 0.2) is 24.3 Å². The van der Waals surface area contributed by atoms with Crippen LogP contribution < -0.4 is 0 Å². The molecular formula is C12H15Cl2NS. The third kappa shape index (κ3) is 3.93. The molecule has 1 unspecified atom stereocenters. The molecule has 1 nitrogen and oxygen atoms in total. The molecular weight excluding hydrogens is 261 g/mol. The van der Waals surface area contributed by atoms with Crippen molar-refractivity contribution < 1.29 is 0 Å². The Labute approximate surface area is 112 Å². The van der Waals surface area contributed by atoms with Crippen LogP contribution >= 0.6 is 35.4 Å². The lowest BCUT2D eigenvalue weighted by atomic mass is 10.1. The second-order valence-corrected chi connectivity index (χ2v) is 5.17. The lowest BCUT2D eigenvalue weighted by Gasteiger charge is -2.28. The van der Waals surface area contributed by atoms with Crippen LogP contribution in [0.1, 0.15) is 25.8 Å². The fourth-order valence-corrected chi connectivity index (χ4v) is 2.00. The van der Waals surface area contributed by atoms with E-state index in [1.807, 2.05) is 29.2 Å². The van der Waals surface area contributed by atoms with Gasteiger partial charge in [-0.1, -0.05) is 42.3 Å². The maximum Gasteiger partial charge on any atom is 0.170 e. The average Bonchev–Trinajstić information content (AvgIpc) is 2.27. The highest BCUT2D eigenvalue weighted by atomic mass is 35.5. The van der Waals surface area contributed by atoms with Gasteiger partial charge in [-0.15, -0.1) is 0 Å². The molecule has 4 heteroatoms. The molecule has 1 atom stereocenters. The van der Waals surface area contributed by atoms with Crippen molar-refractivity contribution in [2.75, 3.05) is 0 Å². The van der Waals surface area contributed by atoms with E-state index < -0.39 is 0 Å².